The number of aromatic hydroxyl groups is 1. The lowest BCUT2D eigenvalue weighted by molar-refractivity contribution is 0.476. The zero-order chi connectivity index (χ0) is 8.72. The minimum absolute atomic E-state index is 0.210. The molecule has 0 fully saturated rings. The molecular weight excluding hydrogens is 154 g/mol. The normalized spacial score (nSPS) is 10.8. The highest BCUT2D eigenvalue weighted by molar-refractivity contribution is 5.89. The van der Waals surface area contributed by atoms with Crippen molar-refractivity contribution in [3.63, 3.8) is 0 Å². The van der Waals surface area contributed by atoms with Gasteiger partial charge in [-0.15, -0.1) is 0 Å². The highest BCUT2D eigenvalue weighted by Crippen LogP contribution is 2.23. The molecule has 2 aromatic rings. The molecule has 1 heterocycles. The van der Waals surface area contributed by atoms with Gasteiger partial charge in [-0.3, -0.25) is 4.68 Å². The van der Waals surface area contributed by atoms with E-state index < -0.39 is 0 Å². The lowest BCUT2D eigenvalue weighted by Crippen LogP contribution is -1.96. The van der Waals surface area contributed by atoms with Crippen molar-refractivity contribution in [1.82, 2.24) is 9.78 Å². The highest BCUT2D eigenvalue weighted by Gasteiger charge is 2.04. The molecule has 4 nitrogen and oxygen atoms in total. The molecule has 4 heteroatoms. The SMILES string of the molecule is Cn1nc2ccc(O)cc2c1N. The van der Waals surface area contributed by atoms with Gasteiger partial charge in [0.05, 0.1) is 5.52 Å². The molecule has 0 aliphatic carbocycles. The number of hydrogen-bond acceptors (Lipinski definition) is 3. The number of aromatic nitrogens is 2. The number of nitrogen functional groups attached to an aromatic ring is 1. The molecule has 1 aromatic carbocycles. The van der Waals surface area contributed by atoms with Crippen LogP contribution in [0.25, 0.3) is 10.9 Å². The minimum atomic E-state index is 0.210. The van der Waals surface area contributed by atoms with Crippen LogP contribution in [-0.4, -0.2) is 14.9 Å². The van der Waals surface area contributed by atoms with Gasteiger partial charge in [0.1, 0.15) is 11.6 Å². The van der Waals surface area contributed by atoms with Gasteiger partial charge in [0.15, 0.2) is 0 Å². The number of phenols is 1. The van der Waals surface area contributed by atoms with E-state index in [9.17, 15) is 5.11 Å². The van der Waals surface area contributed by atoms with Crippen LogP contribution in [0.2, 0.25) is 0 Å². The molecule has 0 radical (unpaired) electrons. The predicted molar refractivity (Wildman–Crippen MR) is 46.8 cm³/mol. The first kappa shape index (κ1) is 6.97. The fourth-order valence-electron chi connectivity index (χ4n) is 1.21. The molecule has 12 heavy (non-hydrogen) atoms. The molecular formula is C8H9N3O. The molecule has 0 atom stereocenters. The fraction of sp³-hybridized carbons (Fsp3) is 0.125. The van der Waals surface area contributed by atoms with Gasteiger partial charge < -0.3 is 10.8 Å². The first-order valence-corrected chi connectivity index (χ1v) is 3.59. The van der Waals surface area contributed by atoms with E-state index >= 15 is 0 Å². The monoisotopic (exact) mass is 163 g/mol. The van der Waals surface area contributed by atoms with Gasteiger partial charge in [-0.2, -0.15) is 5.10 Å². The summed E-state index contributed by atoms with van der Waals surface area (Å²) in [6.07, 6.45) is 0. The summed E-state index contributed by atoms with van der Waals surface area (Å²) in [5.41, 5.74) is 6.50. The molecule has 0 amide bonds. The Morgan fingerprint density at radius 3 is 3.00 bits per heavy atom. The Balaban J connectivity index is 2.88. The fourth-order valence-corrected chi connectivity index (χ4v) is 1.21. The Morgan fingerprint density at radius 2 is 2.25 bits per heavy atom. The third kappa shape index (κ3) is 0.812. The van der Waals surface area contributed by atoms with Gasteiger partial charge in [0, 0.05) is 12.4 Å². The summed E-state index contributed by atoms with van der Waals surface area (Å²) in [4.78, 5) is 0. The number of nitrogens with zero attached hydrogens (tertiary/aromatic N) is 2. The molecule has 0 aliphatic rings. The molecule has 0 bridgehead atoms. The molecule has 0 saturated carbocycles. The van der Waals surface area contributed by atoms with Crippen LogP contribution in [0.15, 0.2) is 18.2 Å². The van der Waals surface area contributed by atoms with E-state index in [1.54, 1.807) is 29.9 Å². The lowest BCUT2D eigenvalue weighted by Gasteiger charge is -1.92. The Bertz CT molecular complexity index is 433. The predicted octanol–water partition coefficient (Wildman–Crippen LogP) is 0.861. The molecule has 62 valence electrons. The summed E-state index contributed by atoms with van der Waals surface area (Å²) in [5.74, 6) is 0.781. The number of nitrogens with two attached hydrogens (primary N) is 1. The number of hydrogen-bond donors (Lipinski definition) is 2. The van der Waals surface area contributed by atoms with E-state index in [0.29, 0.717) is 5.82 Å². The highest BCUT2D eigenvalue weighted by atomic mass is 16.3. The van der Waals surface area contributed by atoms with E-state index in [0.717, 1.165) is 10.9 Å². The summed E-state index contributed by atoms with van der Waals surface area (Å²) in [6, 6.07) is 4.94. The largest absolute Gasteiger partial charge is 0.508 e. The van der Waals surface area contributed by atoms with E-state index in [2.05, 4.69) is 5.10 Å². The molecule has 0 aliphatic heterocycles. The summed E-state index contributed by atoms with van der Waals surface area (Å²) < 4.78 is 1.59. The zero-order valence-corrected chi connectivity index (χ0v) is 6.65. The van der Waals surface area contributed by atoms with Crippen LogP contribution >= 0.6 is 0 Å². The standard InChI is InChI=1S/C8H9N3O/c1-11-8(9)6-4-5(12)2-3-7(6)10-11/h2-4,12H,9H2,1H3. The van der Waals surface area contributed by atoms with Gasteiger partial charge in [-0.1, -0.05) is 0 Å². The average molecular weight is 163 g/mol. The number of benzene rings is 1. The second kappa shape index (κ2) is 2.14. The van der Waals surface area contributed by atoms with E-state index in [-0.39, 0.29) is 5.75 Å². The van der Waals surface area contributed by atoms with E-state index in [4.69, 9.17) is 5.73 Å². The van der Waals surface area contributed by atoms with Crippen molar-refractivity contribution >= 4 is 16.7 Å². The molecule has 3 N–H and O–H groups in total. The summed E-state index contributed by atoms with van der Waals surface area (Å²) in [5, 5.41) is 14.1. The maximum atomic E-state index is 9.17. The minimum Gasteiger partial charge on any atom is -0.508 e. The number of anilines is 1. The van der Waals surface area contributed by atoms with E-state index in [1.807, 2.05) is 0 Å². The van der Waals surface area contributed by atoms with Crippen LogP contribution in [0.3, 0.4) is 0 Å². The first-order chi connectivity index (χ1) is 5.68. The van der Waals surface area contributed by atoms with Crippen LogP contribution in [-0.2, 0) is 7.05 Å². The van der Waals surface area contributed by atoms with Crippen molar-refractivity contribution in [2.75, 3.05) is 5.73 Å². The maximum Gasteiger partial charge on any atom is 0.129 e. The second-order valence-electron chi connectivity index (χ2n) is 2.71. The number of fused-ring (bicyclic) bond motifs is 1. The molecule has 0 saturated heterocycles. The lowest BCUT2D eigenvalue weighted by atomic mass is 10.2. The second-order valence-corrected chi connectivity index (χ2v) is 2.71. The molecule has 2 rings (SSSR count). The topological polar surface area (TPSA) is 64.1 Å². The third-order valence-electron chi connectivity index (χ3n) is 1.86. The van der Waals surface area contributed by atoms with Crippen LogP contribution in [0, 0.1) is 0 Å². The van der Waals surface area contributed by atoms with E-state index in [1.165, 1.54) is 0 Å². The van der Waals surface area contributed by atoms with Gasteiger partial charge in [0.2, 0.25) is 0 Å². The van der Waals surface area contributed by atoms with Crippen molar-refractivity contribution in [1.29, 1.82) is 0 Å². The molecule has 0 spiro atoms. The van der Waals surface area contributed by atoms with Gasteiger partial charge >= 0.3 is 0 Å². The van der Waals surface area contributed by atoms with Crippen LogP contribution < -0.4 is 5.73 Å². The summed E-state index contributed by atoms with van der Waals surface area (Å²) in [6.45, 7) is 0. The Kier molecular flexibility index (Phi) is 1.24. The third-order valence-corrected chi connectivity index (χ3v) is 1.86. The Hall–Kier alpha value is -1.71. The Labute approximate surface area is 69.2 Å². The van der Waals surface area contributed by atoms with Gasteiger partial charge in [0.25, 0.3) is 0 Å². The molecule has 0 unspecified atom stereocenters. The van der Waals surface area contributed by atoms with Crippen LogP contribution in [0.4, 0.5) is 5.82 Å². The number of phenolic OH excluding ortho intramolecular Hbond substituents is 1. The number of aryl methyl sites for hydroxylation is 1. The average Bonchev–Trinajstić information content (AvgIpc) is 2.31. The van der Waals surface area contributed by atoms with Crippen molar-refractivity contribution in [3.05, 3.63) is 18.2 Å². The summed E-state index contributed by atoms with van der Waals surface area (Å²) >= 11 is 0. The van der Waals surface area contributed by atoms with Crippen molar-refractivity contribution in [3.8, 4) is 5.75 Å². The zero-order valence-electron chi connectivity index (χ0n) is 6.65. The first-order valence-electron chi connectivity index (χ1n) is 3.59. The van der Waals surface area contributed by atoms with Crippen molar-refractivity contribution in [2.24, 2.45) is 7.05 Å². The summed E-state index contributed by atoms with van der Waals surface area (Å²) in [7, 11) is 1.77. The van der Waals surface area contributed by atoms with Gasteiger partial charge in [-0.25, -0.2) is 0 Å². The van der Waals surface area contributed by atoms with Crippen molar-refractivity contribution in [2.45, 2.75) is 0 Å². The maximum absolute atomic E-state index is 9.17. The van der Waals surface area contributed by atoms with Crippen LogP contribution in [0.1, 0.15) is 0 Å². The van der Waals surface area contributed by atoms with Gasteiger partial charge in [-0.05, 0) is 18.2 Å². The van der Waals surface area contributed by atoms with Crippen LogP contribution in [0.5, 0.6) is 5.75 Å². The molecule has 1 aromatic heterocycles. The number of rotatable bonds is 0. The Morgan fingerprint density at radius 1 is 1.50 bits per heavy atom. The van der Waals surface area contributed by atoms with Crippen molar-refractivity contribution < 1.29 is 5.11 Å². The smallest absolute Gasteiger partial charge is 0.129 e. The quantitative estimate of drug-likeness (QED) is 0.605.